The fourth-order valence-electron chi connectivity index (χ4n) is 2.96. The van der Waals surface area contributed by atoms with Crippen LogP contribution < -0.4 is 4.90 Å². The normalized spacial score (nSPS) is 12.6. The number of aryl methyl sites for hydroxylation is 1. The molecule has 2 nitrogen and oxygen atoms in total. The predicted octanol–water partition coefficient (Wildman–Crippen LogP) is 6.51. The maximum Gasteiger partial charge on any atom is 0.233 e. The molecule has 0 aromatic heterocycles. The Morgan fingerprint density at radius 3 is 2.00 bits per heavy atom. The van der Waals surface area contributed by atoms with Crippen LogP contribution in [0.4, 0.5) is 10.1 Å². The van der Waals surface area contributed by atoms with Crippen LogP contribution in [0.5, 0.6) is 0 Å². The molecule has 142 valence electrons. The van der Waals surface area contributed by atoms with E-state index >= 15 is 0 Å². The van der Waals surface area contributed by atoms with Gasteiger partial charge in [0.25, 0.3) is 0 Å². The monoisotopic (exact) mass is 349 g/mol. The zero-order valence-electron chi connectivity index (χ0n) is 17.4. The van der Waals surface area contributed by atoms with Crippen molar-refractivity contribution in [1.29, 1.82) is 0 Å². The van der Waals surface area contributed by atoms with Crippen LogP contribution in [0.1, 0.15) is 79.7 Å². The van der Waals surface area contributed by atoms with Gasteiger partial charge in [0, 0.05) is 17.1 Å². The highest BCUT2D eigenvalue weighted by Crippen LogP contribution is 2.41. The first-order valence-corrected chi connectivity index (χ1v) is 9.57. The van der Waals surface area contributed by atoms with Gasteiger partial charge in [0.05, 0.1) is 0 Å². The second-order valence-electron chi connectivity index (χ2n) is 8.71. The lowest BCUT2D eigenvalue weighted by atomic mass is 9.68. The summed E-state index contributed by atoms with van der Waals surface area (Å²) in [6.07, 6.45) is 3.95. The van der Waals surface area contributed by atoms with Crippen molar-refractivity contribution in [3.8, 4) is 0 Å². The van der Waals surface area contributed by atoms with Crippen LogP contribution in [-0.4, -0.2) is 11.9 Å². The molecule has 0 aliphatic rings. The molecule has 1 aromatic carbocycles. The molecule has 1 rings (SSSR count). The first-order valence-electron chi connectivity index (χ1n) is 9.57. The molecule has 1 amide bonds. The van der Waals surface area contributed by atoms with E-state index in [1.165, 1.54) is 6.07 Å². The summed E-state index contributed by atoms with van der Waals surface area (Å²) in [5.74, 6) is -0.105. The third kappa shape index (κ3) is 4.83. The van der Waals surface area contributed by atoms with Crippen molar-refractivity contribution in [3.05, 3.63) is 29.6 Å². The maximum absolute atomic E-state index is 13.8. The quantitative estimate of drug-likeness (QED) is 0.549. The van der Waals surface area contributed by atoms with Crippen molar-refractivity contribution in [2.75, 3.05) is 4.90 Å². The average Bonchev–Trinajstić information content (AvgIpc) is 2.50. The van der Waals surface area contributed by atoms with Crippen molar-refractivity contribution in [3.63, 3.8) is 0 Å². The number of nitrogens with zero attached hydrogens (tertiary/aromatic N) is 1. The van der Waals surface area contributed by atoms with E-state index in [9.17, 15) is 9.18 Å². The molecule has 1 aromatic rings. The van der Waals surface area contributed by atoms with E-state index in [0.29, 0.717) is 5.56 Å². The van der Waals surface area contributed by atoms with Crippen molar-refractivity contribution in [1.82, 2.24) is 0 Å². The van der Waals surface area contributed by atoms with Crippen LogP contribution in [0, 0.1) is 23.6 Å². The lowest BCUT2D eigenvalue weighted by Crippen LogP contribution is -2.51. The van der Waals surface area contributed by atoms with Crippen molar-refractivity contribution < 1.29 is 9.18 Å². The van der Waals surface area contributed by atoms with Gasteiger partial charge in [-0.2, -0.15) is 0 Å². The molecule has 0 unspecified atom stereocenters. The van der Waals surface area contributed by atoms with Crippen LogP contribution in [0.3, 0.4) is 0 Å². The van der Waals surface area contributed by atoms with E-state index in [0.717, 1.165) is 31.4 Å². The van der Waals surface area contributed by atoms with Crippen molar-refractivity contribution in [2.45, 2.75) is 87.1 Å². The van der Waals surface area contributed by atoms with Crippen LogP contribution in [0.2, 0.25) is 0 Å². The summed E-state index contributed by atoms with van der Waals surface area (Å²) in [4.78, 5) is 15.6. The Labute approximate surface area is 153 Å². The summed E-state index contributed by atoms with van der Waals surface area (Å²) in [6, 6.07) is 5.18. The Kier molecular flexibility index (Phi) is 7.22. The number of hydrogen-bond acceptors (Lipinski definition) is 1. The van der Waals surface area contributed by atoms with Crippen molar-refractivity contribution >= 4 is 11.6 Å². The lowest BCUT2D eigenvalue weighted by molar-refractivity contribution is -0.132. The minimum absolute atomic E-state index is 0.123. The minimum Gasteiger partial charge on any atom is -0.309 e. The van der Waals surface area contributed by atoms with Gasteiger partial charge in [-0.1, -0.05) is 61.3 Å². The summed E-state index contributed by atoms with van der Waals surface area (Å²) >= 11 is 0. The van der Waals surface area contributed by atoms with Gasteiger partial charge in [0.1, 0.15) is 5.82 Å². The maximum atomic E-state index is 13.8. The molecule has 0 aliphatic heterocycles. The Hall–Kier alpha value is -1.38. The standard InChI is InChI=1S/C22H36FNO/c1-9-11-17(12-10-2)24(18-13-14-19(23)16(3)15-18)20(25)22(7,8)21(4,5)6/h13-15,17H,9-12H2,1-8H3. The molecule has 3 heteroatoms. The first kappa shape index (κ1) is 21.7. The van der Waals surface area contributed by atoms with Crippen LogP contribution in [-0.2, 0) is 4.79 Å². The average molecular weight is 350 g/mol. The highest BCUT2D eigenvalue weighted by atomic mass is 19.1. The Balaban J connectivity index is 3.45. The Morgan fingerprint density at radius 1 is 1.08 bits per heavy atom. The lowest BCUT2D eigenvalue weighted by Gasteiger charge is -2.43. The molecule has 0 radical (unpaired) electrons. The van der Waals surface area contributed by atoms with E-state index in [1.807, 2.05) is 24.8 Å². The smallest absolute Gasteiger partial charge is 0.233 e. The molecule has 0 bridgehead atoms. The molecular formula is C22H36FNO. The molecule has 0 atom stereocenters. The fraction of sp³-hybridized carbons (Fsp3) is 0.682. The second kappa shape index (κ2) is 8.33. The third-order valence-corrected chi connectivity index (χ3v) is 5.66. The zero-order chi connectivity index (χ0) is 19.4. The van der Waals surface area contributed by atoms with E-state index in [-0.39, 0.29) is 23.2 Å². The van der Waals surface area contributed by atoms with Crippen molar-refractivity contribution in [2.24, 2.45) is 10.8 Å². The number of amides is 1. The Bertz CT molecular complexity index is 580. The summed E-state index contributed by atoms with van der Waals surface area (Å²) in [6.45, 7) is 16.4. The van der Waals surface area contributed by atoms with Crippen LogP contribution >= 0.6 is 0 Å². The van der Waals surface area contributed by atoms with E-state index in [2.05, 4.69) is 34.6 Å². The molecule has 0 saturated heterocycles. The molecule has 0 N–H and O–H groups in total. The van der Waals surface area contributed by atoms with Gasteiger partial charge in [0.2, 0.25) is 5.91 Å². The topological polar surface area (TPSA) is 20.3 Å². The molecule has 0 saturated carbocycles. The van der Waals surface area contributed by atoms with Gasteiger partial charge in [-0.3, -0.25) is 4.79 Å². The molecule has 0 aliphatic carbocycles. The molecule has 0 heterocycles. The highest BCUT2D eigenvalue weighted by molar-refractivity contribution is 5.98. The largest absolute Gasteiger partial charge is 0.309 e. The summed E-state index contributed by atoms with van der Waals surface area (Å²) in [7, 11) is 0. The number of anilines is 1. The second-order valence-corrected chi connectivity index (χ2v) is 8.71. The number of rotatable bonds is 7. The molecular weight excluding hydrogens is 313 g/mol. The first-order chi connectivity index (χ1) is 11.5. The van der Waals surface area contributed by atoms with Gasteiger partial charge in [0.15, 0.2) is 0 Å². The van der Waals surface area contributed by atoms with Gasteiger partial charge >= 0.3 is 0 Å². The number of hydrogen-bond donors (Lipinski definition) is 0. The summed E-state index contributed by atoms with van der Waals surface area (Å²) in [5.41, 5.74) is 0.707. The van der Waals surface area contributed by atoms with E-state index in [1.54, 1.807) is 13.0 Å². The number of halogens is 1. The SMILES string of the molecule is CCCC(CCC)N(C(=O)C(C)(C)C(C)(C)C)c1ccc(F)c(C)c1. The molecule has 0 fully saturated rings. The van der Waals surface area contributed by atoms with Crippen LogP contribution in [0.25, 0.3) is 0 Å². The van der Waals surface area contributed by atoms with E-state index < -0.39 is 5.41 Å². The summed E-state index contributed by atoms with van der Waals surface area (Å²) in [5, 5.41) is 0. The highest BCUT2D eigenvalue weighted by Gasteiger charge is 2.44. The Morgan fingerprint density at radius 2 is 1.60 bits per heavy atom. The predicted molar refractivity (Wildman–Crippen MR) is 105 cm³/mol. The van der Waals surface area contributed by atoms with Gasteiger partial charge in [-0.15, -0.1) is 0 Å². The third-order valence-electron chi connectivity index (χ3n) is 5.66. The number of carbonyl (C=O) groups is 1. The molecule has 0 spiro atoms. The molecule has 25 heavy (non-hydrogen) atoms. The number of benzene rings is 1. The zero-order valence-corrected chi connectivity index (χ0v) is 17.4. The minimum atomic E-state index is -0.519. The van der Waals surface area contributed by atoms with Crippen LogP contribution in [0.15, 0.2) is 18.2 Å². The fourth-order valence-corrected chi connectivity index (χ4v) is 2.96. The number of carbonyl (C=O) groups excluding carboxylic acids is 1. The van der Waals surface area contributed by atoms with E-state index in [4.69, 9.17) is 0 Å². The van der Waals surface area contributed by atoms with Gasteiger partial charge in [-0.25, -0.2) is 4.39 Å². The van der Waals surface area contributed by atoms with Gasteiger partial charge < -0.3 is 4.90 Å². The van der Waals surface area contributed by atoms with Gasteiger partial charge in [-0.05, 0) is 48.9 Å². The summed E-state index contributed by atoms with van der Waals surface area (Å²) < 4.78 is 13.8.